The van der Waals surface area contributed by atoms with Crippen LogP contribution in [0.25, 0.3) is 0 Å². The molecule has 1 aromatic heterocycles. The van der Waals surface area contributed by atoms with Crippen molar-refractivity contribution in [1.82, 2.24) is 14.4 Å². The number of piperidine rings is 2. The van der Waals surface area contributed by atoms with Crippen LogP contribution in [-0.4, -0.2) is 58.5 Å². The Morgan fingerprint density at radius 3 is 2.15 bits per heavy atom. The number of carbonyl (C=O) groups excluding carboxylic acids is 2. The highest BCUT2D eigenvalue weighted by Crippen LogP contribution is 2.24. The van der Waals surface area contributed by atoms with E-state index in [9.17, 15) is 14.4 Å². The average Bonchev–Trinajstić information content (AvgIpc) is 2.66. The minimum Gasteiger partial charge on any atom is -0.490 e. The minimum atomic E-state index is -0.0745. The maximum absolute atomic E-state index is 12.8. The molecule has 2 fully saturated rings. The lowest BCUT2D eigenvalue weighted by Crippen LogP contribution is -2.47. The molecule has 0 bridgehead atoms. The summed E-state index contributed by atoms with van der Waals surface area (Å²) in [6, 6.07) is 3.40. The predicted octanol–water partition coefficient (Wildman–Crippen LogP) is 1.32. The lowest BCUT2D eigenvalue weighted by atomic mass is 9.94. The molecule has 0 aromatic carbocycles. The fourth-order valence-corrected chi connectivity index (χ4v) is 3.89. The van der Waals surface area contributed by atoms with Crippen LogP contribution in [0.2, 0.25) is 0 Å². The Kier molecular flexibility index (Phi) is 5.87. The molecule has 0 N–H and O–H groups in total. The summed E-state index contributed by atoms with van der Waals surface area (Å²) in [5, 5.41) is 0. The van der Waals surface area contributed by atoms with Crippen molar-refractivity contribution in [1.29, 1.82) is 0 Å². The fourth-order valence-electron chi connectivity index (χ4n) is 3.89. The van der Waals surface area contributed by atoms with Gasteiger partial charge in [-0.2, -0.15) is 0 Å². The van der Waals surface area contributed by atoms with E-state index in [0.717, 1.165) is 31.4 Å². The van der Waals surface area contributed by atoms with Gasteiger partial charge in [0.25, 0.3) is 5.56 Å². The smallest absolute Gasteiger partial charge is 0.254 e. The number of carbonyl (C=O) groups is 2. The zero-order chi connectivity index (χ0) is 19.6. The second kappa shape index (κ2) is 8.15. The molecule has 2 aliphatic rings. The van der Waals surface area contributed by atoms with Gasteiger partial charge in [-0.3, -0.25) is 14.4 Å². The van der Waals surface area contributed by atoms with E-state index in [4.69, 9.17) is 4.74 Å². The summed E-state index contributed by atoms with van der Waals surface area (Å²) in [5.74, 6) is 0.931. The molecule has 7 heteroatoms. The second-order valence-electron chi connectivity index (χ2n) is 7.65. The van der Waals surface area contributed by atoms with Crippen molar-refractivity contribution < 1.29 is 14.3 Å². The van der Waals surface area contributed by atoms with E-state index < -0.39 is 0 Å². The van der Waals surface area contributed by atoms with Gasteiger partial charge in [0.1, 0.15) is 11.9 Å². The van der Waals surface area contributed by atoms with Crippen LogP contribution in [-0.2, 0) is 16.6 Å². The Balaban J connectivity index is 1.49. The number of amides is 2. The van der Waals surface area contributed by atoms with Gasteiger partial charge < -0.3 is 19.1 Å². The molecule has 7 nitrogen and oxygen atoms in total. The topological polar surface area (TPSA) is 71.9 Å². The van der Waals surface area contributed by atoms with Gasteiger partial charge in [0.05, 0.1) is 0 Å². The Bertz CT molecular complexity index is 757. The Morgan fingerprint density at radius 2 is 1.59 bits per heavy atom. The third-order valence-electron chi connectivity index (χ3n) is 5.82. The zero-order valence-corrected chi connectivity index (χ0v) is 16.4. The van der Waals surface area contributed by atoms with Crippen molar-refractivity contribution in [3.63, 3.8) is 0 Å². The monoisotopic (exact) mass is 375 g/mol. The molecule has 0 aliphatic carbocycles. The van der Waals surface area contributed by atoms with E-state index >= 15 is 0 Å². The van der Waals surface area contributed by atoms with Crippen LogP contribution in [0, 0.1) is 12.8 Å². The molecule has 0 unspecified atom stereocenters. The Labute approximate surface area is 159 Å². The van der Waals surface area contributed by atoms with Crippen LogP contribution in [0.4, 0.5) is 0 Å². The molecular weight excluding hydrogens is 346 g/mol. The first-order chi connectivity index (χ1) is 12.8. The highest BCUT2D eigenvalue weighted by atomic mass is 16.5. The molecule has 3 rings (SSSR count). The highest BCUT2D eigenvalue weighted by Gasteiger charge is 2.31. The van der Waals surface area contributed by atoms with Gasteiger partial charge in [-0.05, 0) is 25.8 Å². The summed E-state index contributed by atoms with van der Waals surface area (Å²) in [4.78, 5) is 39.8. The first-order valence-corrected chi connectivity index (χ1v) is 9.74. The van der Waals surface area contributed by atoms with E-state index in [2.05, 4.69) is 0 Å². The maximum atomic E-state index is 12.8. The Morgan fingerprint density at radius 1 is 1.00 bits per heavy atom. The molecular formula is C20H29N3O4. The van der Waals surface area contributed by atoms with E-state index in [1.54, 1.807) is 18.5 Å². The molecule has 2 aliphatic heterocycles. The summed E-state index contributed by atoms with van der Waals surface area (Å²) >= 11 is 0. The second-order valence-corrected chi connectivity index (χ2v) is 7.65. The molecule has 2 saturated heterocycles. The van der Waals surface area contributed by atoms with Crippen molar-refractivity contribution >= 4 is 11.8 Å². The third-order valence-corrected chi connectivity index (χ3v) is 5.82. The predicted molar refractivity (Wildman–Crippen MR) is 102 cm³/mol. The van der Waals surface area contributed by atoms with Crippen molar-refractivity contribution in [2.24, 2.45) is 13.0 Å². The van der Waals surface area contributed by atoms with Gasteiger partial charge in [0.15, 0.2) is 0 Å². The van der Waals surface area contributed by atoms with Crippen LogP contribution in [0.5, 0.6) is 5.75 Å². The molecule has 0 radical (unpaired) electrons. The molecule has 2 amide bonds. The Hall–Kier alpha value is -2.31. The number of aromatic nitrogens is 1. The van der Waals surface area contributed by atoms with Gasteiger partial charge in [-0.25, -0.2) is 0 Å². The SMILES string of the molecule is CC(=O)N1CCC(C(=O)N2CCC(Oc3cc(C)n(C)c(=O)c3)CC2)CC1. The minimum absolute atomic E-state index is 0.0258. The number of likely N-dealkylation sites (tertiary alicyclic amines) is 2. The lowest BCUT2D eigenvalue weighted by Gasteiger charge is -2.37. The molecule has 1 aromatic rings. The summed E-state index contributed by atoms with van der Waals surface area (Å²) in [6.07, 6.45) is 3.07. The molecule has 148 valence electrons. The van der Waals surface area contributed by atoms with Crippen molar-refractivity contribution in [2.75, 3.05) is 26.2 Å². The molecule has 27 heavy (non-hydrogen) atoms. The number of aryl methyl sites for hydroxylation is 1. The quantitative estimate of drug-likeness (QED) is 0.799. The number of pyridine rings is 1. The van der Waals surface area contributed by atoms with Gasteiger partial charge >= 0.3 is 0 Å². The van der Waals surface area contributed by atoms with Crippen LogP contribution < -0.4 is 10.3 Å². The summed E-state index contributed by atoms with van der Waals surface area (Å²) in [6.45, 7) is 6.17. The number of hydrogen-bond acceptors (Lipinski definition) is 4. The molecule has 3 heterocycles. The average molecular weight is 375 g/mol. The van der Waals surface area contributed by atoms with E-state index in [-0.39, 0.29) is 29.4 Å². The summed E-state index contributed by atoms with van der Waals surface area (Å²) in [5.41, 5.74) is 0.788. The number of ether oxygens (including phenoxy) is 1. The van der Waals surface area contributed by atoms with Crippen LogP contribution in [0.1, 0.15) is 38.3 Å². The number of nitrogens with zero attached hydrogens (tertiary/aromatic N) is 3. The number of hydrogen-bond donors (Lipinski definition) is 0. The standard InChI is InChI=1S/C20H29N3O4/c1-14-12-18(13-19(25)21(14)3)27-17-6-10-23(11-7-17)20(26)16-4-8-22(9-5-16)15(2)24/h12-13,16-17H,4-11H2,1-3H3. The molecule has 0 spiro atoms. The third kappa shape index (κ3) is 4.51. The van der Waals surface area contributed by atoms with Crippen LogP contribution >= 0.6 is 0 Å². The zero-order valence-electron chi connectivity index (χ0n) is 16.4. The first-order valence-electron chi connectivity index (χ1n) is 9.74. The van der Waals surface area contributed by atoms with Gasteiger partial charge in [-0.1, -0.05) is 0 Å². The number of rotatable bonds is 3. The summed E-state index contributed by atoms with van der Waals surface area (Å²) in [7, 11) is 1.74. The highest BCUT2D eigenvalue weighted by molar-refractivity contribution is 5.79. The van der Waals surface area contributed by atoms with Crippen molar-refractivity contribution in [3.8, 4) is 5.75 Å². The fraction of sp³-hybridized carbons (Fsp3) is 0.650. The van der Waals surface area contributed by atoms with Gasteiger partial charge in [-0.15, -0.1) is 0 Å². The van der Waals surface area contributed by atoms with Crippen molar-refractivity contribution in [3.05, 3.63) is 28.2 Å². The first kappa shape index (κ1) is 19.5. The lowest BCUT2D eigenvalue weighted by molar-refractivity contribution is -0.141. The van der Waals surface area contributed by atoms with Crippen LogP contribution in [0.15, 0.2) is 16.9 Å². The maximum Gasteiger partial charge on any atom is 0.254 e. The van der Waals surface area contributed by atoms with Gasteiger partial charge in [0, 0.05) is 70.7 Å². The largest absolute Gasteiger partial charge is 0.490 e. The van der Waals surface area contributed by atoms with Gasteiger partial charge in [0.2, 0.25) is 11.8 Å². The summed E-state index contributed by atoms with van der Waals surface area (Å²) < 4.78 is 7.58. The van der Waals surface area contributed by atoms with E-state index in [0.29, 0.717) is 31.9 Å². The molecule has 0 atom stereocenters. The van der Waals surface area contributed by atoms with Crippen molar-refractivity contribution in [2.45, 2.75) is 45.6 Å². The van der Waals surface area contributed by atoms with E-state index in [1.807, 2.05) is 22.8 Å². The molecule has 0 saturated carbocycles. The van der Waals surface area contributed by atoms with E-state index in [1.165, 1.54) is 6.07 Å². The van der Waals surface area contributed by atoms with Crippen LogP contribution in [0.3, 0.4) is 0 Å². The normalized spacial score (nSPS) is 19.2.